The zero-order valence-corrected chi connectivity index (χ0v) is 12.5. The smallest absolute Gasteiger partial charge is 0.178 e. The second-order valence-corrected chi connectivity index (χ2v) is 4.64. The first-order valence-corrected chi connectivity index (χ1v) is 7.04. The van der Waals surface area contributed by atoms with Gasteiger partial charge in [-0.2, -0.15) is 0 Å². The second kappa shape index (κ2) is 8.42. The summed E-state index contributed by atoms with van der Waals surface area (Å²) in [6.45, 7) is 0. The standard InChI is InChI=1S/C20H18O2/c1-22-20-15-12-18(13-16-20)11-14-19(21)10-6-5-9-17-7-3-2-4-8-17/h2-16H,1H3/b9-5+,10-6+,14-11-. The molecule has 0 heterocycles. The molecule has 0 saturated heterocycles. The summed E-state index contributed by atoms with van der Waals surface area (Å²) in [6.07, 6.45) is 10.4. The Morgan fingerprint density at radius 2 is 1.50 bits per heavy atom. The number of allylic oxidation sites excluding steroid dienone is 4. The van der Waals surface area contributed by atoms with E-state index in [-0.39, 0.29) is 5.78 Å². The summed E-state index contributed by atoms with van der Waals surface area (Å²) in [5, 5.41) is 0. The van der Waals surface area contributed by atoms with E-state index in [4.69, 9.17) is 4.74 Å². The van der Waals surface area contributed by atoms with Crippen molar-refractivity contribution in [3.05, 3.63) is 90.0 Å². The van der Waals surface area contributed by atoms with Crippen LogP contribution in [0.4, 0.5) is 0 Å². The molecule has 0 atom stereocenters. The predicted molar refractivity (Wildman–Crippen MR) is 91.7 cm³/mol. The van der Waals surface area contributed by atoms with Gasteiger partial charge in [-0.3, -0.25) is 4.79 Å². The largest absolute Gasteiger partial charge is 0.497 e. The van der Waals surface area contributed by atoms with Crippen LogP contribution in [0.1, 0.15) is 11.1 Å². The number of methoxy groups -OCH3 is 1. The molecule has 0 unspecified atom stereocenters. The van der Waals surface area contributed by atoms with Crippen molar-refractivity contribution >= 4 is 17.9 Å². The van der Waals surface area contributed by atoms with E-state index in [0.717, 1.165) is 16.9 Å². The number of carbonyl (C=O) groups excluding carboxylic acids is 1. The molecule has 0 aromatic heterocycles. The van der Waals surface area contributed by atoms with Crippen LogP contribution in [-0.4, -0.2) is 12.9 Å². The lowest BCUT2D eigenvalue weighted by atomic mass is 10.2. The van der Waals surface area contributed by atoms with Crippen LogP contribution in [0.25, 0.3) is 12.2 Å². The third-order valence-electron chi connectivity index (χ3n) is 3.02. The zero-order valence-electron chi connectivity index (χ0n) is 12.5. The molecule has 2 aromatic carbocycles. The lowest BCUT2D eigenvalue weighted by molar-refractivity contribution is -0.110. The number of hydrogen-bond donors (Lipinski definition) is 0. The van der Waals surface area contributed by atoms with Crippen molar-refractivity contribution in [3.8, 4) is 5.75 Å². The number of rotatable bonds is 6. The molecule has 0 radical (unpaired) electrons. The molecule has 2 aromatic rings. The summed E-state index contributed by atoms with van der Waals surface area (Å²) >= 11 is 0. The first-order chi connectivity index (χ1) is 10.8. The number of benzene rings is 2. The predicted octanol–water partition coefficient (Wildman–Crippen LogP) is 4.55. The minimum absolute atomic E-state index is 0.0477. The third-order valence-corrected chi connectivity index (χ3v) is 3.02. The summed E-state index contributed by atoms with van der Waals surface area (Å²) in [6, 6.07) is 17.5. The molecule has 2 heteroatoms. The van der Waals surface area contributed by atoms with Crippen LogP contribution in [0.15, 0.2) is 78.9 Å². The van der Waals surface area contributed by atoms with E-state index in [1.54, 1.807) is 31.4 Å². The maximum atomic E-state index is 11.7. The topological polar surface area (TPSA) is 26.3 Å². The van der Waals surface area contributed by atoms with Gasteiger partial charge < -0.3 is 4.74 Å². The van der Waals surface area contributed by atoms with Crippen LogP contribution in [0.2, 0.25) is 0 Å². The van der Waals surface area contributed by atoms with E-state index in [1.165, 1.54) is 0 Å². The van der Waals surface area contributed by atoms with Gasteiger partial charge in [0.1, 0.15) is 5.75 Å². The van der Waals surface area contributed by atoms with Gasteiger partial charge in [-0.15, -0.1) is 0 Å². The Morgan fingerprint density at radius 3 is 2.18 bits per heavy atom. The summed E-state index contributed by atoms with van der Waals surface area (Å²) in [7, 11) is 1.63. The van der Waals surface area contributed by atoms with Gasteiger partial charge in [-0.25, -0.2) is 0 Å². The molecule has 22 heavy (non-hydrogen) atoms. The molecule has 2 rings (SSSR count). The lowest BCUT2D eigenvalue weighted by Gasteiger charge is -1.98. The van der Waals surface area contributed by atoms with Crippen LogP contribution in [0.3, 0.4) is 0 Å². The van der Waals surface area contributed by atoms with Crippen LogP contribution in [-0.2, 0) is 4.79 Å². The molecule has 0 aliphatic heterocycles. The van der Waals surface area contributed by atoms with Gasteiger partial charge in [0.2, 0.25) is 0 Å². The molecule has 2 nitrogen and oxygen atoms in total. The number of hydrogen-bond acceptors (Lipinski definition) is 2. The summed E-state index contributed by atoms with van der Waals surface area (Å²) in [5.41, 5.74) is 2.07. The maximum Gasteiger partial charge on any atom is 0.178 e. The highest BCUT2D eigenvalue weighted by Crippen LogP contribution is 2.12. The number of carbonyl (C=O) groups is 1. The zero-order chi connectivity index (χ0) is 15.6. The van der Waals surface area contributed by atoms with Crippen LogP contribution >= 0.6 is 0 Å². The molecular formula is C20H18O2. The van der Waals surface area contributed by atoms with Crippen molar-refractivity contribution in [2.45, 2.75) is 0 Å². The Labute approximate surface area is 131 Å². The van der Waals surface area contributed by atoms with Crippen LogP contribution in [0.5, 0.6) is 5.75 Å². The van der Waals surface area contributed by atoms with E-state index in [0.29, 0.717) is 0 Å². The highest BCUT2D eigenvalue weighted by molar-refractivity contribution is 6.02. The van der Waals surface area contributed by atoms with Crippen molar-refractivity contribution in [2.24, 2.45) is 0 Å². The fraction of sp³-hybridized carbons (Fsp3) is 0.0500. The molecule has 0 fully saturated rings. The summed E-state index contributed by atoms with van der Waals surface area (Å²) < 4.78 is 5.09. The van der Waals surface area contributed by atoms with E-state index >= 15 is 0 Å². The SMILES string of the molecule is COc1ccc(/C=C\C(=O)/C=C/C=C/c2ccccc2)cc1. The Balaban J connectivity index is 1.87. The lowest BCUT2D eigenvalue weighted by Crippen LogP contribution is -1.85. The molecule has 0 N–H and O–H groups in total. The molecule has 0 spiro atoms. The first-order valence-electron chi connectivity index (χ1n) is 7.04. The molecule has 110 valence electrons. The molecule has 0 aliphatic carbocycles. The van der Waals surface area contributed by atoms with E-state index < -0.39 is 0 Å². The fourth-order valence-corrected chi connectivity index (χ4v) is 1.83. The molecule has 0 saturated carbocycles. The molecule has 0 bridgehead atoms. The summed E-state index contributed by atoms with van der Waals surface area (Å²) in [4.78, 5) is 11.7. The monoisotopic (exact) mass is 290 g/mol. The van der Waals surface area contributed by atoms with Gasteiger partial charge in [-0.05, 0) is 35.4 Å². The minimum Gasteiger partial charge on any atom is -0.497 e. The van der Waals surface area contributed by atoms with E-state index in [1.807, 2.05) is 66.7 Å². The summed E-state index contributed by atoms with van der Waals surface area (Å²) in [5.74, 6) is 0.753. The van der Waals surface area contributed by atoms with Crippen molar-refractivity contribution in [3.63, 3.8) is 0 Å². The van der Waals surface area contributed by atoms with Gasteiger partial charge in [-0.1, -0.05) is 66.8 Å². The normalized spacial score (nSPS) is 11.5. The minimum atomic E-state index is -0.0477. The Hall–Kier alpha value is -2.87. The van der Waals surface area contributed by atoms with Crippen molar-refractivity contribution in [1.29, 1.82) is 0 Å². The molecular weight excluding hydrogens is 272 g/mol. The third kappa shape index (κ3) is 5.25. The Morgan fingerprint density at radius 1 is 0.818 bits per heavy atom. The van der Waals surface area contributed by atoms with E-state index in [9.17, 15) is 4.79 Å². The van der Waals surface area contributed by atoms with Gasteiger partial charge in [0.15, 0.2) is 5.78 Å². The Bertz CT molecular complexity index is 677. The van der Waals surface area contributed by atoms with Crippen molar-refractivity contribution < 1.29 is 9.53 Å². The fourth-order valence-electron chi connectivity index (χ4n) is 1.83. The highest BCUT2D eigenvalue weighted by Gasteiger charge is 1.92. The highest BCUT2D eigenvalue weighted by atomic mass is 16.5. The van der Waals surface area contributed by atoms with Crippen LogP contribution in [0, 0.1) is 0 Å². The maximum absolute atomic E-state index is 11.7. The van der Waals surface area contributed by atoms with Crippen molar-refractivity contribution in [1.82, 2.24) is 0 Å². The average molecular weight is 290 g/mol. The van der Waals surface area contributed by atoms with Gasteiger partial charge >= 0.3 is 0 Å². The van der Waals surface area contributed by atoms with Gasteiger partial charge in [0.25, 0.3) is 0 Å². The Kier molecular flexibility index (Phi) is 5.94. The average Bonchev–Trinajstić information content (AvgIpc) is 2.58. The van der Waals surface area contributed by atoms with Crippen molar-refractivity contribution in [2.75, 3.05) is 7.11 Å². The van der Waals surface area contributed by atoms with Gasteiger partial charge in [0.05, 0.1) is 7.11 Å². The number of ketones is 1. The van der Waals surface area contributed by atoms with E-state index in [2.05, 4.69) is 0 Å². The van der Waals surface area contributed by atoms with Crippen LogP contribution < -0.4 is 4.74 Å². The van der Waals surface area contributed by atoms with Gasteiger partial charge in [0, 0.05) is 0 Å². The molecule has 0 amide bonds. The number of ether oxygens (including phenoxy) is 1. The quantitative estimate of drug-likeness (QED) is 0.576. The molecule has 0 aliphatic rings. The second-order valence-electron chi connectivity index (χ2n) is 4.64. The first kappa shape index (κ1) is 15.5.